The van der Waals surface area contributed by atoms with Gasteiger partial charge in [-0.1, -0.05) is 30.3 Å². The van der Waals surface area contributed by atoms with Crippen molar-refractivity contribution in [2.45, 2.75) is 32.4 Å². The van der Waals surface area contributed by atoms with Crippen LogP contribution in [0.15, 0.2) is 34.7 Å². The maximum Gasteiger partial charge on any atom is 0.410 e. The van der Waals surface area contributed by atoms with E-state index in [4.69, 9.17) is 9.15 Å². The number of esters is 1. The fourth-order valence-electron chi connectivity index (χ4n) is 2.89. The van der Waals surface area contributed by atoms with Crippen molar-refractivity contribution >= 4 is 12.1 Å². The summed E-state index contributed by atoms with van der Waals surface area (Å²) in [6, 6.07) is 9.16. The van der Waals surface area contributed by atoms with Gasteiger partial charge in [-0.3, -0.25) is 4.90 Å². The highest BCUT2D eigenvalue weighted by Crippen LogP contribution is 2.33. The number of amides is 1. The molecular weight excluding hydrogens is 324 g/mol. The van der Waals surface area contributed by atoms with Crippen molar-refractivity contribution in [2.75, 3.05) is 13.7 Å². The minimum Gasteiger partial charge on any atom is -0.464 e. The number of aromatic nitrogens is 1. The molecule has 0 spiro atoms. The number of hydrogen-bond donors (Lipinski definition) is 0. The average molecular weight is 344 g/mol. The predicted octanol–water partition coefficient (Wildman–Crippen LogP) is 3.24. The molecule has 1 aromatic heterocycles. The predicted molar refractivity (Wildman–Crippen MR) is 87.9 cm³/mol. The number of aryl methyl sites for hydroxylation is 1. The summed E-state index contributed by atoms with van der Waals surface area (Å²) in [5.74, 6) is 0.169. The Bertz CT molecular complexity index is 756. The molecule has 1 amide bonds. The maximum atomic E-state index is 12.4. The first-order valence-corrected chi connectivity index (χ1v) is 8.13. The normalized spacial score (nSPS) is 16.7. The lowest BCUT2D eigenvalue weighted by Crippen LogP contribution is -2.31. The Morgan fingerprint density at radius 2 is 2.08 bits per heavy atom. The van der Waals surface area contributed by atoms with E-state index in [9.17, 15) is 9.59 Å². The summed E-state index contributed by atoms with van der Waals surface area (Å²) in [7, 11) is 1.29. The van der Waals surface area contributed by atoms with Gasteiger partial charge in [0.05, 0.1) is 7.11 Å². The average Bonchev–Trinajstić information content (AvgIpc) is 3.26. The van der Waals surface area contributed by atoms with Crippen LogP contribution < -0.4 is 0 Å². The molecule has 2 heterocycles. The van der Waals surface area contributed by atoms with Crippen LogP contribution >= 0.6 is 0 Å². The highest BCUT2D eigenvalue weighted by Gasteiger charge is 2.35. The van der Waals surface area contributed by atoms with E-state index in [0.717, 1.165) is 12.0 Å². The number of hydrogen-bond acceptors (Lipinski definition) is 6. The molecule has 1 atom stereocenters. The van der Waals surface area contributed by atoms with E-state index >= 15 is 0 Å². The summed E-state index contributed by atoms with van der Waals surface area (Å²) in [6.45, 7) is 2.42. The van der Waals surface area contributed by atoms with Crippen LogP contribution in [0.2, 0.25) is 0 Å². The number of carbonyl (C=O) groups excluding carboxylic acids is 2. The SMILES string of the molecule is COC(=O)c1nc([C@@H]2CCCN2C(=O)OCc2ccccc2)oc1C. The number of nitrogens with zero attached hydrogens (tertiary/aromatic N) is 2. The Morgan fingerprint density at radius 1 is 1.32 bits per heavy atom. The third-order valence-corrected chi connectivity index (χ3v) is 4.17. The first-order chi connectivity index (χ1) is 12.1. The molecule has 2 aromatic rings. The van der Waals surface area contributed by atoms with Gasteiger partial charge in [0.1, 0.15) is 18.4 Å². The molecule has 0 saturated carbocycles. The third kappa shape index (κ3) is 3.65. The lowest BCUT2D eigenvalue weighted by atomic mass is 10.2. The van der Waals surface area contributed by atoms with Crippen LogP contribution in [-0.4, -0.2) is 35.6 Å². The van der Waals surface area contributed by atoms with Crippen molar-refractivity contribution < 1.29 is 23.5 Å². The molecule has 1 aromatic carbocycles. The Morgan fingerprint density at radius 3 is 2.80 bits per heavy atom. The minimum atomic E-state index is -0.552. The van der Waals surface area contributed by atoms with E-state index in [1.807, 2.05) is 30.3 Å². The molecule has 132 valence electrons. The van der Waals surface area contributed by atoms with Gasteiger partial charge in [0.15, 0.2) is 5.69 Å². The zero-order valence-electron chi connectivity index (χ0n) is 14.2. The molecule has 0 aliphatic carbocycles. The highest BCUT2D eigenvalue weighted by atomic mass is 16.6. The number of likely N-dealkylation sites (tertiary alicyclic amines) is 1. The van der Waals surface area contributed by atoms with Crippen molar-refractivity contribution in [1.82, 2.24) is 9.88 Å². The van der Waals surface area contributed by atoms with Gasteiger partial charge in [-0.25, -0.2) is 14.6 Å². The Kier molecular flexibility index (Phi) is 5.02. The molecule has 3 rings (SSSR count). The Hall–Kier alpha value is -2.83. The van der Waals surface area contributed by atoms with Gasteiger partial charge in [0, 0.05) is 6.54 Å². The van der Waals surface area contributed by atoms with Gasteiger partial charge in [0.25, 0.3) is 0 Å². The van der Waals surface area contributed by atoms with Crippen molar-refractivity contribution in [3.63, 3.8) is 0 Å². The fourth-order valence-corrected chi connectivity index (χ4v) is 2.89. The minimum absolute atomic E-state index is 0.141. The summed E-state index contributed by atoms with van der Waals surface area (Å²) in [4.78, 5) is 29.9. The lowest BCUT2D eigenvalue weighted by Gasteiger charge is -2.21. The van der Waals surface area contributed by atoms with Crippen LogP contribution in [0.3, 0.4) is 0 Å². The van der Waals surface area contributed by atoms with Gasteiger partial charge in [0.2, 0.25) is 5.89 Å². The fraction of sp³-hybridized carbons (Fsp3) is 0.389. The van der Waals surface area contributed by atoms with Crippen molar-refractivity contribution in [1.29, 1.82) is 0 Å². The van der Waals surface area contributed by atoms with E-state index < -0.39 is 12.1 Å². The smallest absolute Gasteiger partial charge is 0.410 e. The van der Waals surface area contributed by atoms with Gasteiger partial charge >= 0.3 is 12.1 Å². The van der Waals surface area contributed by atoms with Gasteiger partial charge in [-0.05, 0) is 25.3 Å². The van der Waals surface area contributed by atoms with Crippen LogP contribution in [-0.2, 0) is 16.1 Å². The molecule has 0 radical (unpaired) electrons. The number of carbonyl (C=O) groups is 2. The highest BCUT2D eigenvalue weighted by molar-refractivity contribution is 5.88. The topological polar surface area (TPSA) is 81.9 Å². The molecule has 7 heteroatoms. The van der Waals surface area contributed by atoms with Crippen molar-refractivity contribution in [2.24, 2.45) is 0 Å². The zero-order chi connectivity index (χ0) is 17.8. The molecule has 7 nitrogen and oxygen atoms in total. The molecule has 1 aliphatic heterocycles. The molecule has 25 heavy (non-hydrogen) atoms. The quantitative estimate of drug-likeness (QED) is 0.792. The molecule has 0 bridgehead atoms. The van der Waals surface area contributed by atoms with Crippen LogP contribution in [0.25, 0.3) is 0 Å². The van der Waals surface area contributed by atoms with E-state index in [-0.39, 0.29) is 18.3 Å². The van der Waals surface area contributed by atoms with Crippen LogP contribution in [0.5, 0.6) is 0 Å². The summed E-state index contributed by atoms with van der Waals surface area (Å²) in [5.41, 5.74) is 1.06. The molecular formula is C18H20N2O5. The second kappa shape index (κ2) is 7.38. The van der Waals surface area contributed by atoms with E-state index in [0.29, 0.717) is 24.6 Å². The van der Waals surface area contributed by atoms with E-state index in [1.165, 1.54) is 7.11 Å². The zero-order valence-corrected chi connectivity index (χ0v) is 14.2. The molecule has 1 aliphatic rings. The lowest BCUT2D eigenvalue weighted by molar-refractivity contribution is 0.0592. The number of benzene rings is 1. The molecule has 1 fully saturated rings. The molecule has 1 saturated heterocycles. The Labute approximate surface area is 145 Å². The van der Waals surface area contributed by atoms with Crippen LogP contribution in [0, 0.1) is 6.92 Å². The largest absolute Gasteiger partial charge is 0.464 e. The first-order valence-electron chi connectivity index (χ1n) is 8.13. The second-order valence-electron chi connectivity index (χ2n) is 5.84. The summed E-state index contributed by atoms with van der Waals surface area (Å²) < 4.78 is 15.7. The first kappa shape index (κ1) is 17.0. The van der Waals surface area contributed by atoms with Crippen molar-refractivity contribution in [3.05, 3.63) is 53.2 Å². The van der Waals surface area contributed by atoms with Crippen LogP contribution in [0.4, 0.5) is 4.79 Å². The number of oxazole rings is 1. The van der Waals surface area contributed by atoms with Gasteiger partial charge in [-0.15, -0.1) is 0 Å². The van der Waals surface area contributed by atoms with Crippen molar-refractivity contribution in [3.8, 4) is 0 Å². The number of ether oxygens (including phenoxy) is 2. The van der Waals surface area contributed by atoms with Gasteiger partial charge < -0.3 is 13.9 Å². The van der Waals surface area contributed by atoms with Gasteiger partial charge in [-0.2, -0.15) is 0 Å². The molecule has 0 N–H and O–H groups in total. The number of rotatable bonds is 4. The molecule has 0 unspecified atom stereocenters. The summed E-state index contributed by atoms with van der Waals surface area (Å²) in [5, 5.41) is 0. The maximum absolute atomic E-state index is 12.4. The third-order valence-electron chi connectivity index (χ3n) is 4.17. The standard InChI is InChI=1S/C18H20N2O5/c1-12-15(17(21)23-2)19-16(25-12)14-9-6-10-20(14)18(22)24-11-13-7-4-3-5-8-13/h3-5,7-8,14H,6,9-11H2,1-2H3/t14-/m0/s1. The van der Waals surface area contributed by atoms with E-state index in [2.05, 4.69) is 9.72 Å². The van der Waals surface area contributed by atoms with E-state index in [1.54, 1.807) is 11.8 Å². The van der Waals surface area contributed by atoms with Crippen LogP contribution in [0.1, 0.15) is 46.6 Å². The number of methoxy groups -OCH3 is 1. The second-order valence-corrected chi connectivity index (χ2v) is 5.84. The summed E-state index contributed by atoms with van der Waals surface area (Å²) >= 11 is 0. The monoisotopic (exact) mass is 344 g/mol. The summed E-state index contributed by atoms with van der Waals surface area (Å²) in [6.07, 6.45) is 1.11. The Balaban J connectivity index is 1.70.